The van der Waals surface area contributed by atoms with Gasteiger partial charge in [0.1, 0.15) is 0 Å². The van der Waals surface area contributed by atoms with Crippen LogP contribution in [0.15, 0.2) is 0 Å². The molecule has 0 fully saturated rings. The van der Waals surface area contributed by atoms with Gasteiger partial charge in [-0.05, 0) is 32.6 Å². The lowest BCUT2D eigenvalue weighted by Crippen LogP contribution is -2.10. The van der Waals surface area contributed by atoms with Crippen molar-refractivity contribution in [1.82, 2.24) is 15.0 Å². The zero-order valence-electron chi connectivity index (χ0n) is 10.2. The first-order chi connectivity index (χ1) is 7.06. The molecule has 0 spiro atoms. The maximum atomic E-state index is 5.65. The summed E-state index contributed by atoms with van der Waals surface area (Å²) >= 11 is 0. The van der Waals surface area contributed by atoms with Crippen LogP contribution in [0.2, 0.25) is 0 Å². The minimum atomic E-state index is 0.361. The van der Waals surface area contributed by atoms with Gasteiger partial charge in [-0.25, -0.2) is 4.68 Å². The second kappa shape index (κ2) is 5.26. The van der Waals surface area contributed by atoms with E-state index in [1.165, 1.54) is 5.69 Å². The van der Waals surface area contributed by atoms with Crippen LogP contribution in [0.4, 0.5) is 0 Å². The van der Waals surface area contributed by atoms with Gasteiger partial charge in [0.15, 0.2) is 0 Å². The molecule has 1 aromatic heterocycles. The van der Waals surface area contributed by atoms with E-state index >= 15 is 0 Å². The second-order valence-corrected chi connectivity index (χ2v) is 4.66. The Labute approximate surface area is 91.9 Å². The highest BCUT2D eigenvalue weighted by Crippen LogP contribution is 2.15. The molecule has 15 heavy (non-hydrogen) atoms. The predicted molar refractivity (Wildman–Crippen MR) is 61.5 cm³/mol. The van der Waals surface area contributed by atoms with Gasteiger partial charge in [0.25, 0.3) is 0 Å². The highest BCUT2D eigenvalue weighted by molar-refractivity contribution is 5.10. The molecular formula is C11H22N4. The van der Waals surface area contributed by atoms with Crippen LogP contribution in [0.1, 0.15) is 51.5 Å². The number of nitrogens with two attached hydrogens (primary N) is 1. The summed E-state index contributed by atoms with van der Waals surface area (Å²) in [7, 11) is 0. The molecule has 0 radical (unpaired) electrons. The zero-order valence-corrected chi connectivity index (χ0v) is 10.2. The summed E-state index contributed by atoms with van der Waals surface area (Å²) in [6, 6.07) is 0.361. The highest BCUT2D eigenvalue weighted by Gasteiger charge is 2.13. The van der Waals surface area contributed by atoms with Crippen LogP contribution < -0.4 is 5.73 Å². The van der Waals surface area contributed by atoms with Gasteiger partial charge in [-0.1, -0.05) is 19.1 Å². The summed E-state index contributed by atoms with van der Waals surface area (Å²) in [4.78, 5) is 0. The summed E-state index contributed by atoms with van der Waals surface area (Å²) in [6.45, 7) is 9.18. The third kappa shape index (κ3) is 3.02. The van der Waals surface area contributed by atoms with E-state index in [4.69, 9.17) is 5.73 Å². The molecule has 0 aromatic carbocycles. The van der Waals surface area contributed by atoms with Gasteiger partial charge in [0, 0.05) is 12.6 Å². The number of aromatic nitrogens is 3. The molecule has 0 bridgehead atoms. The lowest BCUT2D eigenvalue weighted by atomic mass is 10.1. The standard InChI is InChI=1S/C11H22N4/c1-8(2)5-6-11-10(7-12)13-14-15(11)9(3)4/h8-9H,5-7,12H2,1-4H3. The van der Waals surface area contributed by atoms with Gasteiger partial charge in [0.2, 0.25) is 0 Å². The number of rotatable bonds is 5. The molecule has 4 heteroatoms. The fourth-order valence-corrected chi connectivity index (χ4v) is 1.60. The van der Waals surface area contributed by atoms with E-state index in [2.05, 4.69) is 38.0 Å². The normalized spacial score (nSPS) is 11.7. The molecule has 1 aromatic rings. The van der Waals surface area contributed by atoms with Crippen molar-refractivity contribution in [1.29, 1.82) is 0 Å². The molecule has 1 heterocycles. The Morgan fingerprint density at radius 3 is 2.40 bits per heavy atom. The molecule has 0 aliphatic carbocycles. The summed E-state index contributed by atoms with van der Waals surface area (Å²) in [6.07, 6.45) is 2.18. The topological polar surface area (TPSA) is 56.7 Å². The molecule has 86 valence electrons. The van der Waals surface area contributed by atoms with Crippen molar-refractivity contribution in [3.8, 4) is 0 Å². The maximum Gasteiger partial charge on any atom is 0.0994 e. The van der Waals surface area contributed by atoms with Crippen LogP contribution in [0.5, 0.6) is 0 Å². The summed E-state index contributed by atoms with van der Waals surface area (Å²) < 4.78 is 1.99. The van der Waals surface area contributed by atoms with Gasteiger partial charge in [-0.15, -0.1) is 5.10 Å². The smallest absolute Gasteiger partial charge is 0.0994 e. The van der Waals surface area contributed by atoms with Crippen LogP contribution in [-0.2, 0) is 13.0 Å². The molecular weight excluding hydrogens is 188 g/mol. The van der Waals surface area contributed by atoms with Gasteiger partial charge >= 0.3 is 0 Å². The lowest BCUT2D eigenvalue weighted by molar-refractivity contribution is 0.478. The molecule has 0 aliphatic heterocycles. The molecule has 0 saturated heterocycles. The lowest BCUT2D eigenvalue weighted by Gasteiger charge is -2.11. The Hall–Kier alpha value is -0.900. The van der Waals surface area contributed by atoms with Gasteiger partial charge in [-0.2, -0.15) is 0 Å². The molecule has 2 N–H and O–H groups in total. The first-order valence-corrected chi connectivity index (χ1v) is 5.69. The minimum absolute atomic E-state index is 0.361. The molecule has 0 amide bonds. The third-order valence-corrected chi connectivity index (χ3v) is 2.51. The average Bonchev–Trinajstić information content (AvgIpc) is 2.57. The van der Waals surface area contributed by atoms with E-state index in [9.17, 15) is 0 Å². The van der Waals surface area contributed by atoms with E-state index in [0.717, 1.165) is 18.5 Å². The van der Waals surface area contributed by atoms with Crippen molar-refractivity contribution in [2.45, 2.75) is 53.1 Å². The molecule has 0 unspecified atom stereocenters. The first-order valence-electron chi connectivity index (χ1n) is 5.69. The molecule has 1 rings (SSSR count). The molecule has 0 saturated carbocycles. The first kappa shape index (κ1) is 12.2. The van der Waals surface area contributed by atoms with Crippen LogP contribution >= 0.6 is 0 Å². The highest BCUT2D eigenvalue weighted by atomic mass is 15.4. The van der Waals surface area contributed by atoms with Crippen molar-refractivity contribution >= 4 is 0 Å². The van der Waals surface area contributed by atoms with Crippen LogP contribution in [-0.4, -0.2) is 15.0 Å². The van der Waals surface area contributed by atoms with E-state index < -0.39 is 0 Å². The Morgan fingerprint density at radius 1 is 1.27 bits per heavy atom. The fraction of sp³-hybridized carbons (Fsp3) is 0.818. The van der Waals surface area contributed by atoms with Crippen molar-refractivity contribution in [2.24, 2.45) is 11.7 Å². The minimum Gasteiger partial charge on any atom is -0.325 e. The molecule has 4 nitrogen and oxygen atoms in total. The Bertz CT molecular complexity index is 302. The van der Waals surface area contributed by atoms with E-state index in [0.29, 0.717) is 18.5 Å². The monoisotopic (exact) mass is 210 g/mol. The van der Waals surface area contributed by atoms with Crippen LogP contribution in [0.25, 0.3) is 0 Å². The van der Waals surface area contributed by atoms with Crippen LogP contribution in [0, 0.1) is 5.92 Å². The fourth-order valence-electron chi connectivity index (χ4n) is 1.60. The Morgan fingerprint density at radius 2 is 1.93 bits per heavy atom. The third-order valence-electron chi connectivity index (χ3n) is 2.51. The largest absolute Gasteiger partial charge is 0.325 e. The quantitative estimate of drug-likeness (QED) is 0.807. The van der Waals surface area contributed by atoms with Gasteiger partial charge in [-0.3, -0.25) is 0 Å². The number of hydrogen-bond acceptors (Lipinski definition) is 3. The number of hydrogen-bond donors (Lipinski definition) is 1. The Balaban J connectivity index is 2.85. The van der Waals surface area contributed by atoms with Crippen LogP contribution in [0.3, 0.4) is 0 Å². The van der Waals surface area contributed by atoms with Crippen molar-refractivity contribution in [3.63, 3.8) is 0 Å². The average molecular weight is 210 g/mol. The summed E-state index contributed by atoms with van der Waals surface area (Å²) in [5.74, 6) is 0.700. The Kier molecular flexibility index (Phi) is 4.27. The number of nitrogens with zero attached hydrogens (tertiary/aromatic N) is 3. The predicted octanol–water partition coefficient (Wildman–Crippen LogP) is 1.91. The van der Waals surface area contributed by atoms with E-state index in [1.807, 2.05) is 4.68 Å². The summed E-state index contributed by atoms with van der Waals surface area (Å²) in [5, 5.41) is 8.27. The SMILES string of the molecule is CC(C)CCc1c(CN)nnn1C(C)C. The maximum absolute atomic E-state index is 5.65. The second-order valence-electron chi connectivity index (χ2n) is 4.66. The van der Waals surface area contributed by atoms with Crippen molar-refractivity contribution in [2.75, 3.05) is 0 Å². The summed E-state index contributed by atoms with van der Waals surface area (Å²) in [5.41, 5.74) is 7.81. The van der Waals surface area contributed by atoms with Crippen molar-refractivity contribution in [3.05, 3.63) is 11.4 Å². The molecule has 0 aliphatic rings. The van der Waals surface area contributed by atoms with E-state index in [1.54, 1.807) is 0 Å². The molecule has 0 atom stereocenters. The van der Waals surface area contributed by atoms with Gasteiger partial charge < -0.3 is 5.73 Å². The van der Waals surface area contributed by atoms with Gasteiger partial charge in [0.05, 0.1) is 11.4 Å². The van der Waals surface area contributed by atoms with Crippen molar-refractivity contribution < 1.29 is 0 Å². The van der Waals surface area contributed by atoms with E-state index in [-0.39, 0.29) is 0 Å². The zero-order chi connectivity index (χ0) is 11.4.